The summed E-state index contributed by atoms with van der Waals surface area (Å²) in [5.41, 5.74) is 0. The van der Waals surface area contributed by atoms with Crippen LogP contribution < -0.4 is 0 Å². The third kappa shape index (κ3) is 3.18. The van der Waals surface area contributed by atoms with Crippen molar-refractivity contribution in [2.75, 3.05) is 0 Å². The highest BCUT2D eigenvalue weighted by atomic mass is 32.2. The van der Waals surface area contributed by atoms with E-state index >= 15 is 0 Å². The van der Waals surface area contributed by atoms with E-state index in [9.17, 15) is 0 Å². The van der Waals surface area contributed by atoms with Crippen molar-refractivity contribution in [3.05, 3.63) is 24.3 Å². The van der Waals surface area contributed by atoms with Crippen molar-refractivity contribution in [2.24, 2.45) is 0 Å². The molecule has 12 heavy (non-hydrogen) atoms. The Bertz CT molecular complexity index is 246. The predicted octanol–water partition coefficient (Wildman–Crippen LogP) is 3.28. The maximum absolute atomic E-state index is 9.05. The zero-order chi connectivity index (χ0) is 9.19. The van der Waals surface area contributed by atoms with Crippen LogP contribution in [0.2, 0.25) is 0 Å². The van der Waals surface area contributed by atoms with Crippen LogP contribution in [0.5, 0.6) is 5.75 Å². The molecular weight excluding hydrogens is 168 g/mol. The molecule has 0 fully saturated rings. The number of phenols is 1. The van der Waals surface area contributed by atoms with Crippen molar-refractivity contribution < 1.29 is 5.11 Å². The standard InChI is InChI=1S/C10H14OS/c1-10(2,3)12-9-6-4-8(11)5-7-9/h4-7,11H,1-3H3. The van der Waals surface area contributed by atoms with Crippen LogP contribution in [0.4, 0.5) is 0 Å². The summed E-state index contributed by atoms with van der Waals surface area (Å²) >= 11 is 1.80. The van der Waals surface area contributed by atoms with Gasteiger partial charge in [0.2, 0.25) is 0 Å². The third-order valence-corrected chi connectivity index (χ3v) is 2.38. The van der Waals surface area contributed by atoms with Gasteiger partial charge in [-0.2, -0.15) is 0 Å². The second kappa shape index (κ2) is 3.40. The fraction of sp³-hybridized carbons (Fsp3) is 0.400. The Hall–Kier alpha value is -0.630. The van der Waals surface area contributed by atoms with Crippen molar-refractivity contribution in [3.8, 4) is 5.75 Å². The number of rotatable bonds is 1. The summed E-state index contributed by atoms with van der Waals surface area (Å²) < 4.78 is 0.233. The molecule has 0 aromatic heterocycles. The molecule has 2 heteroatoms. The fourth-order valence-corrected chi connectivity index (χ4v) is 1.85. The highest BCUT2D eigenvalue weighted by molar-refractivity contribution is 8.00. The van der Waals surface area contributed by atoms with Gasteiger partial charge < -0.3 is 5.11 Å². The summed E-state index contributed by atoms with van der Waals surface area (Å²) in [6.07, 6.45) is 0. The Labute approximate surface area is 77.8 Å². The van der Waals surface area contributed by atoms with Crippen molar-refractivity contribution in [3.63, 3.8) is 0 Å². The molecule has 1 rings (SSSR count). The van der Waals surface area contributed by atoms with E-state index in [4.69, 9.17) is 5.11 Å². The molecule has 0 atom stereocenters. The van der Waals surface area contributed by atoms with E-state index < -0.39 is 0 Å². The molecule has 1 aromatic carbocycles. The molecule has 0 bridgehead atoms. The van der Waals surface area contributed by atoms with Gasteiger partial charge in [0, 0.05) is 9.64 Å². The summed E-state index contributed by atoms with van der Waals surface area (Å²) in [4.78, 5) is 1.19. The quantitative estimate of drug-likeness (QED) is 0.672. The second-order valence-electron chi connectivity index (χ2n) is 3.71. The maximum Gasteiger partial charge on any atom is 0.115 e. The van der Waals surface area contributed by atoms with Gasteiger partial charge in [-0.3, -0.25) is 0 Å². The van der Waals surface area contributed by atoms with E-state index in [2.05, 4.69) is 20.8 Å². The molecule has 0 heterocycles. The molecule has 0 radical (unpaired) electrons. The summed E-state index contributed by atoms with van der Waals surface area (Å²) in [6.45, 7) is 6.51. The monoisotopic (exact) mass is 182 g/mol. The fourth-order valence-electron chi connectivity index (χ4n) is 0.868. The minimum atomic E-state index is 0.233. The van der Waals surface area contributed by atoms with Gasteiger partial charge in [-0.05, 0) is 24.3 Å². The normalized spacial score (nSPS) is 11.6. The van der Waals surface area contributed by atoms with Crippen LogP contribution in [0.1, 0.15) is 20.8 Å². The van der Waals surface area contributed by atoms with Crippen molar-refractivity contribution >= 4 is 11.8 Å². The minimum absolute atomic E-state index is 0.233. The number of phenolic OH excluding ortho intramolecular Hbond substituents is 1. The molecule has 1 aromatic rings. The van der Waals surface area contributed by atoms with Crippen LogP contribution in [0, 0.1) is 0 Å². The molecule has 0 spiro atoms. The summed E-state index contributed by atoms with van der Waals surface area (Å²) in [6, 6.07) is 7.30. The molecule has 0 unspecified atom stereocenters. The first-order valence-electron chi connectivity index (χ1n) is 3.95. The number of hydrogen-bond acceptors (Lipinski definition) is 2. The molecule has 0 saturated heterocycles. The van der Waals surface area contributed by atoms with Gasteiger partial charge in [0.05, 0.1) is 0 Å². The molecule has 1 N–H and O–H groups in total. The lowest BCUT2D eigenvalue weighted by Gasteiger charge is -2.17. The van der Waals surface area contributed by atoms with Gasteiger partial charge >= 0.3 is 0 Å². The van der Waals surface area contributed by atoms with Crippen LogP contribution in [-0.2, 0) is 0 Å². The smallest absolute Gasteiger partial charge is 0.115 e. The van der Waals surface area contributed by atoms with Crippen molar-refractivity contribution in [1.29, 1.82) is 0 Å². The van der Waals surface area contributed by atoms with Crippen molar-refractivity contribution in [2.45, 2.75) is 30.4 Å². The molecule has 66 valence electrons. The number of benzene rings is 1. The van der Waals surface area contributed by atoms with Gasteiger partial charge in [-0.25, -0.2) is 0 Å². The second-order valence-corrected chi connectivity index (χ2v) is 5.61. The third-order valence-electron chi connectivity index (χ3n) is 1.26. The van der Waals surface area contributed by atoms with Crippen molar-refractivity contribution in [1.82, 2.24) is 0 Å². The number of thioether (sulfide) groups is 1. The Balaban J connectivity index is 2.71. The van der Waals surface area contributed by atoms with E-state index in [0.717, 1.165) is 0 Å². The number of aromatic hydroxyl groups is 1. The van der Waals surface area contributed by atoms with E-state index in [1.165, 1.54) is 4.90 Å². The minimum Gasteiger partial charge on any atom is -0.508 e. The van der Waals surface area contributed by atoms with Crippen LogP contribution in [-0.4, -0.2) is 9.85 Å². The summed E-state index contributed by atoms with van der Waals surface area (Å²) in [5.74, 6) is 0.327. The molecule has 0 saturated carbocycles. The summed E-state index contributed by atoms with van der Waals surface area (Å²) in [7, 11) is 0. The topological polar surface area (TPSA) is 20.2 Å². The molecule has 0 aliphatic heterocycles. The van der Waals surface area contributed by atoms with E-state index in [0.29, 0.717) is 5.75 Å². The van der Waals surface area contributed by atoms with Gasteiger partial charge in [0.15, 0.2) is 0 Å². The molecular formula is C10H14OS. The molecule has 0 aliphatic carbocycles. The lowest BCUT2D eigenvalue weighted by Crippen LogP contribution is -2.06. The Morgan fingerprint density at radius 2 is 1.58 bits per heavy atom. The van der Waals surface area contributed by atoms with Crippen LogP contribution in [0.3, 0.4) is 0 Å². The van der Waals surface area contributed by atoms with Gasteiger partial charge in [-0.1, -0.05) is 20.8 Å². The Kier molecular flexibility index (Phi) is 2.68. The highest BCUT2D eigenvalue weighted by Gasteiger charge is 2.11. The summed E-state index contributed by atoms with van der Waals surface area (Å²) in [5, 5.41) is 9.05. The Morgan fingerprint density at radius 1 is 1.08 bits per heavy atom. The largest absolute Gasteiger partial charge is 0.508 e. The molecule has 1 nitrogen and oxygen atoms in total. The first kappa shape index (κ1) is 9.46. The van der Waals surface area contributed by atoms with Crippen LogP contribution in [0.25, 0.3) is 0 Å². The predicted molar refractivity (Wildman–Crippen MR) is 53.7 cm³/mol. The average molecular weight is 182 g/mol. The number of hydrogen-bond donors (Lipinski definition) is 1. The highest BCUT2D eigenvalue weighted by Crippen LogP contribution is 2.32. The zero-order valence-corrected chi connectivity index (χ0v) is 8.48. The van der Waals surface area contributed by atoms with E-state index in [-0.39, 0.29) is 4.75 Å². The average Bonchev–Trinajstić information content (AvgIpc) is 1.91. The first-order chi connectivity index (χ1) is 5.47. The van der Waals surface area contributed by atoms with E-state index in [1.807, 2.05) is 12.1 Å². The van der Waals surface area contributed by atoms with Crippen LogP contribution in [0.15, 0.2) is 29.2 Å². The molecule has 0 aliphatic rings. The van der Waals surface area contributed by atoms with Gasteiger partial charge in [0.1, 0.15) is 5.75 Å². The van der Waals surface area contributed by atoms with Crippen LogP contribution >= 0.6 is 11.8 Å². The lowest BCUT2D eigenvalue weighted by molar-refractivity contribution is 0.475. The zero-order valence-electron chi connectivity index (χ0n) is 7.66. The lowest BCUT2D eigenvalue weighted by atomic mass is 10.3. The first-order valence-corrected chi connectivity index (χ1v) is 4.77. The van der Waals surface area contributed by atoms with Gasteiger partial charge in [0.25, 0.3) is 0 Å². The SMILES string of the molecule is CC(C)(C)Sc1ccc(O)cc1. The Morgan fingerprint density at radius 3 is 2.00 bits per heavy atom. The molecule has 0 amide bonds. The maximum atomic E-state index is 9.05. The van der Waals surface area contributed by atoms with E-state index in [1.54, 1.807) is 23.9 Å². The van der Waals surface area contributed by atoms with Gasteiger partial charge in [-0.15, -0.1) is 11.8 Å².